The van der Waals surface area contributed by atoms with E-state index >= 15 is 0 Å². The summed E-state index contributed by atoms with van der Waals surface area (Å²) in [5.74, 6) is 0. The number of likely N-dealkylation sites (N-methyl/N-ethyl adjacent to an activating group) is 1. The molecular weight excluding hydrogens is 842 g/mol. The molecule has 0 aromatic carbocycles. The van der Waals surface area contributed by atoms with Crippen molar-refractivity contribution in [3.05, 3.63) is 0 Å². The first-order chi connectivity index (χ1) is 31.5. The van der Waals surface area contributed by atoms with Gasteiger partial charge in [-0.05, 0) is 40.0 Å². The smallest absolute Gasteiger partial charge is 0.105 e. The molecule has 8 heteroatoms. The van der Waals surface area contributed by atoms with E-state index in [0.29, 0.717) is 24.3 Å². The first-order valence-corrected chi connectivity index (χ1v) is 29.3. The summed E-state index contributed by atoms with van der Waals surface area (Å²) in [5.41, 5.74) is 0. The highest BCUT2D eigenvalue weighted by molar-refractivity contribution is 4.64. The number of ether oxygens (including phenoxy) is 3. The number of hydrogen-bond donors (Lipinski definition) is 3. The first kappa shape index (κ1) is 68.1. The average Bonchev–Trinajstić information content (AvgIpc) is 3.27. The SMILES string of the molecule is CCCCCCCCCCCCCCC(O)COC(C)C[N+](C)(CC(C)OCC(O)CCCCCCCCCCCCCC)CC(C)OCC(O)CCCCCCCCCCCCCC.[Cl-]. The number of unbranched alkanes of at least 4 members (excludes halogenated alkanes) is 33. The summed E-state index contributed by atoms with van der Waals surface area (Å²) in [6.07, 6.45) is 48.6. The predicted molar refractivity (Wildman–Crippen MR) is 282 cm³/mol. The Balaban J connectivity index is 0. The van der Waals surface area contributed by atoms with Gasteiger partial charge >= 0.3 is 0 Å². The molecule has 0 amide bonds. The van der Waals surface area contributed by atoms with Crippen LogP contribution in [0.2, 0.25) is 0 Å². The van der Waals surface area contributed by atoms with Gasteiger partial charge in [-0.25, -0.2) is 0 Å². The molecule has 0 aromatic rings. The number of rotatable bonds is 54. The van der Waals surface area contributed by atoms with Crippen molar-refractivity contribution in [1.29, 1.82) is 0 Å². The average molecular weight is 963 g/mol. The monoisotopic (exact) mass is 962 g/mol. The van der Waals surface area contributed by atoms with Crippen LogP contribution < -0.4 is 12.4 Å². The molecule has 7 nitrogen and oxygen atoms in total. The molecule has 0 radical (unpaired) electrons. The van der Waals surface area contributed by atoms with Crippen LogP contribution in [-0.2, 0) is 14.2 Å². The number of quaternary nitrogens is 1. The van der Waals surface area contributed by atoms with Crippen LogP contribution in [0.15, 0.2) is 0 Å². The van der Waals surface area contributed by atoms with Gasteiger partial charge in [0.2, 0.25) is 0 Å². The molecule has 0 saturated heterocycles. The molecule has 0 aliphatic rings. The Morgan fingerprint density at radius 1 is 0.303 bits per heavy atom. The van der Waals surface area contributed by atoms with Gasteiger partial charge in [0, 0.05) is 0 Å². The largest absolute Gasteiger partial charge is 1.00 e. The molecule has 400 valence electrons. The van der Waals surface area contributed by atoms with Gasteiger partial charge in [-0.15, -0.1) is 0 Å². The zero-order valence-electron chi connectivity index (χ0n) is 45.7. The molecule has 0 aliphatic carbocycles. The number of halogens is 1. The van der Waals surface area contributed by atoms with E-state index in [1.54, 1.807) is 0 Å². The van der Waals surface area contributed by atoms with Crippen LogP contribution in [0, 0.1) is 0 Å². The fourth-order valence-corrected chi connectivity index (χ4v) is 9.98. The maximum absolute atomic E-state index is 10.8. The van der Waals surface area contributed by atoms with Crippen LogP contribution in [0.1, 0.15) is 292 Å². The molecule has 0 aliphatic heterocycles. The van der Waals surface area contributed by atoms with Gasteiger partial charge in [0.25, 0.3) is 0 Å². The molecule has 0 heterocycles. The standard InChI is InChI=1S/C58H120NO6.ClH/c1-8-11-14-17-20-23-26-29-32-35-38-41-44-56(60)50-63-53(4)47-59(7,48-54(5)64-51-57(61)45-42-39-36-33-30-27-24-21-18-15-12-9-2)49-55(6)65-52-58(62)46-43-40-37-34-31-28-25-22-19-16-13-10-3;/h53-58,60-62H,8-52H2,1-7H3;1H/q+1;/p-1. The lowest BCUT2D eigenvalue weighted by atomic mass is 10.0. The van der Waals surface area contributed by atoms with Gasteiger partial charge in [0.1, 0.15) is 37.9 Å². The molecule has 0 rings (SSSR count). The second kappa shape index (κ2) is 51.4. The van der Waals surface area contributed by atoms with Crippen molar-refractivity contribution in [3.63, 3.8) is 0 Å². The second-order valence-corrected chi connectivity index (χ2v) is 21.6. The summed E-state index contributed by atoms with van der Waals surface area (Å²) in [5, 5.41) is 32.4. The van der Waals surface area contributed by atoms with E-state index in [9.17, 15) is 15.3 Å². The Morgan fingerprint density at radius 2 is 0.470 bits per heavy atom. The Hall–Kier alpha value is 0.01000. The minimum Gasteiger partial charge on any atom is -1.00 e. The maximum atomic E-state index is 10.8. The lowest BCUT2D eigenvalue weighted by Crippen LogP contribution is -3.00. The van der Waals surface area contributed by atoms with Crippen molar-refractivity contribution in [2.75, 3.05) is 46.5 Å². The Morgan fingerprint density at radius 3 is 0.652 bits per heavy atom. The van der Waals surface area contributed by atoms with E-state index in [-0.39, 0.29) is 30.7 Å². The van der Waals surface area contributed by atoms with Crippen molar-refractivity contribution < 1.29 is 46.4 Å². The molecule has 6 atom stereocenters. The highest BCUT2D eigenvalue weighted by Crippen LogP contribution is 2.19. The van der Waals surface area contributed by atoms with E-state index in [1.807, 2.05) is 0 Å². The normalized spacial score (nSPS) is 15.5. The lowest BCUT2D eigenvalue weighted by molar-refractivity contribution is -0.917. The zero-order chi connectivity index (χ0) is 47.9. The van der Waals surface area contributed by atoms with Gasteiger partial charge < -0.3 is 46.4 Å². The molecule has 0 saturated carbocycles. The van der Waals surface area contributed by atoms with Crippen molar-refractivity contribution in [2.45, 2.75) is 329 Å². The van der Waals surface area contributed by atoms with Crippen molar-refractivity contribution in [3.8, 4) is 0 Å². The first-order valence-electron chi connectivity index (χ1n) is 29.3. The summed E-state index contributed by atoms with van der Waals surface area (Å²) < 4.78 is 19.6. The summed E-state index contributed by atoms with van der Waals surface area (Å²) in [6.45, 7) is 16.6. The summed E-state index contributed by atoms with van der Waals surface area (Å²) in [7, 11) is 2.26. The van der Waals surface area contributed by atoms with Crippen LogP contribution >= 0.6 is 0 Å². The lowest BCUT2D eigenvalue weighted by Gasteiger charge is -2.40. The molecule has 0 spiro atoms. The molecule has 0 bridgehead atoms. The third-order valence-corrected chi connectivity index (χ3v) is 14.0. The van der Waals surface area contributed by atoms with E-state index in [4.69, 9.17) is 14.2 Å². The number of aliphatic hydroxyl groups excluding tert-OH is 3. The van der Waals surface area contributed by atoms with Crippen LogP contribution in [-0.4, -0.2) is 103 Å². The van der Waals surface area contributed by atoms with Gasteiger partial charge in [0.15, 0.2) is 0 Å². The second-order valence-electron chi connectivity index (χ2n) is 21.6. The van der Waals surface area contributed by atoms with Crippen LogP contribution in [0.3, 0.4) is 0 Å². The van der Waals surface area contributed by atoms with Gasteiger partial charge in [-0.1, -0.05) is 252 Å². The Kier molecular flexibility index (Phi) is 53.0. The third kappa shape index (κ3) is 49.0. The van der Waals surface area contributed by atoms with E-state index in [2.05, 4.69) is 48.6 Å². The maximum Gasteiger partial charge on any atom is 0.105 e. The van der Waals surface area contributed by atoms with E-state index in [0.717, 1.165) is 58.2 Å². The number of nitrogens with zero attached hydrogens (tertiary/aromatic N) is 1. The topological polar surface area (TPSA) is 88.4 Å². The number of hydrogen-bond acceptors (Lipinski definition) is 6. The molecule has 3 N–H and O–H groups in total. The molecule has 66 heavy (non-hydrogen) atoms. The molecule has 0 fully saturated rings. The Bertz CT molecular complexity index is 818. The predicted octanol–water partition coefficient (Wildman–Crippen LogP) is 13.0. The van der Waals surface area contributed by atoms with Gasteiger partial charge in [0.05, 0.1) is 45.2 Å². The van der Waals surface area contributed by atoms with Crippen molar-refractivity contribution in [1.82, 2.24) is 0 Å². The van der Waals surface area contributed by atoms with Crippen LogP contribution in [0.4, 0.5) is 0 Å². The quantitative estimate of drug-likeness (QED) is 0.0416. The van der Waals surface area contributed by atoms with Gasteiger partial charge in [-0.2, -0.15) is 0 Å². The molecule has 6 unspecified atom stereocenters. The summed E-state index contributed by atoms with van der Waals surface area (Å²) in [6, 6.07) is 0. The van der Waals surface area contributed by atoms with Crippen LogP contribution in [0.5, 0.6) is 0 Å². The summed E-state index contributed by atoms with van der Waals surface area (Å²) in [4.78, 5) is 0. The van der Waals surface area contributed by atoms with Crippen LogP contribution in [0.25, 0.3) is 0 Å². The summed E-state index contributed by atoms with van der Waals surface area (Å²) >= 11 is 0. The fraction of sp³-hybridized carbons (Fsp3) is 1.00. The van der Waals surface area contributed by atoms with Crippen molar-refractivity contribution >= 4 is 0 Å². The van der Waals surface area contributed by atoms with E-state index in [1.165, 1.54) is 212 Å². The fourth-order valence-electron chi connectivity index (χ4n) is 9.98. The highest BCUT2D eigenvalue weighted by atomic mass is 35.5. The minimum atomic E-state index is -0.429. The molecule has 0 aromatic heterocycles. The van der Waals surface area contributed by atoms with E-state index < -0.39 is 18.3 Å². The third-order valence-electron chi connectivity index (χ3n) is 14.0. The minimum absolute atomic E-state index is 0. The zero-order valence-corrected chi connectivity index (χ0v) is 46.4. The number of aliphatic hydroxyl groups is 3. The van der Waals surface area contributed by atoms with Gasteiger partial charge in [-0.3, -0.25) is 0 Å². The Labute approximate surface area is 419 Å². The highest BCUT2D eigenvalue weighted by Gasteiger charge is 2.31. The molecular formula is C58H120ClNO6. The van der Waals surface area contributed by atoms with Crippen molar-refractivity contribution in [2.24, 2.45) is 0 Å².